The summed E-state index contributed by atoms with van der Waals surface area (Å²) in [6.07, 6.45) is -1.27. The Balaban J connectivity index is 2.22. The number of likely N-dealkylation sites (tertiary alicyclic amines) is 1. The lowest BCUT2D eigenvalue weighted by Gasteiger charge is -2.60. The Morgan fingerprint density at radius 3 is 2.05 bits per heavy atom. The largest absolute Gasteiger partial charge is 0.481 e. The van der Waals surface area contributed by atoms with Gasteiger partial charge in [0.05, 0.1) is 16.6 Å². The fourth-order valence-corrected chi connectivity index (χ4v) is 7.27. The average Bonchev–Trinajstić information content (AvgIpc) is 3.15. The first-order chi connectivity index (χ1) is 18.5. The zero-order valence-corrected chi connectivity index (χ0v) is 26.7. The number of piperidine rings is 1. The van der Waals surface area contributed by atoms with Gasteiger partial charge in [-0.05, 0) is 69.9 Å². The molecule has 1 amide bonds. The second kappa shape index (κ2) is 10.6. The van der Waals surface area contributed by atoms with Gasteiger partial charge in [0.1, 0.15) is 11.6 Å². The molecule has 0 aliphatic carbocycles. The maximum Gasteiger partial charge on any atom is 0.407 e. The molecular weight excluding hydrogens is 525 g/mol. The van der Waals surface area contributed by atoms with Gasteiger partial charge in [0.2, 0.25) is 0 Å². The maximum atomic E-state index is 15.9. The predicted octanol–water partition coefficient (Wildman–Crippen LogP) is 6.85. The summed E-state index contributed by atoms with van der Waals surface area (Å²) in [5.41, 5.74) is -1.62. The first kappa shape index (κ1) is 32.3. The number of halogens is 1. The third-order valence-corrected chi connectivity index (χ3v) is 8.60. The number of carbonyl (C=O) groups is 2. The maximum absolute atomic E-state index is 15.9. The molecule has 0 spiro atoms. The molecule has 9 nitrogen and oxygen atoms in total. The normalized spacial score (nSPS) is 23.9. The molecule has 10 heteroatoms. The number of aliphatic carboxylic acids is 1. The Morgan fingerprint density at radius 1 is 1.02 bits per heavy atom. The van der Waals surface area contributed by atoms with Crippen LogP contribution in [-0.4, -0.2) is 54.5 Å². The highest BCUT2D eigenvalue weighted by atomic mass is 19.1. The molecule has 1 aliphatic rings. The lowest BCUT2D eigenvalue weighted by atomic mass is 9.48. The zero-order valence-electron chi connectivity index (χ0n) is 26.7. The molecule has 1 aliphatic heterocycles. The zero-order chi connectivity index (χ0) is 31.5. The van der Waals surface area contributed by atoms with Gasteiger partial charge in [0, 0.05) is 36.7 Å². The average molecular weight is 574 g/mol. The van der Waals surface area contributed by atoms with Crippen LogP contribution in [0.4, 0.5) is 20.8 Å². The monoisotopic (exact) mass is 573 g/mol. The van der Waals surface area contributed by atoms with Crippen LogP contribution in [0.25, 0.3) is 0 Å². The van der Waals surface area contributed by atoms with Crippen LogP contribution >= 0.6 is 0 Å². The fourth-order valence-electron chi connectivity index (χ4n) is 7.27. The first-order valence-electron chi connectivity index (χ1n) is 14.2. The van der Waals surface area contributed by atoms with Gasteiger partial charge in [-0.15, -0.1) is 0 Å². The van der Waals surface area contributed by atoms with Gasteiger partial charge in [-0.25, -0.2) is 14.2 Å². The number of hydrogen-bond donors (Lipinski definition) is 3. The van der Waals surface area contributed by atoms with E-state index in [1.54, 1.807) is 19.9 Å². The van der Waals surface area contributed by atoms with Crippen LogP contribution in [0.3, 0.4) is 0 Å². The van der Waals surface area contributed by atoms with Gasteiger partial charge >= 0.3 is 12.1 Å². The van der Waals surface area contributed by atoms with Crippen LogP contribution < -0.4 is 5.32 Å². The van der Waals surface area contributed by atoms with Crippen LogP contribution in [0.1, 0.15) is 86.2 Å². The van der Waals surface area contributed by atoms with E-state index in [1.807, 2.05) is 59.2 Å². The minimum Gasteiger partial charge on any atom is -0.481 e. The number of hydrogen-bond acceptors (Lipinski definition) is 5. The lowest BCUT2D eigenvalue weighted by Crippen LogP contribution is -2.68. The molecular formula is C31H48FN5O4. The Bertz CT molecular complexity index is 1320. The molecule has 3 N–H and O–H groups in total. The predicted molar refractivity (Wildman–Crippen MR) is 158 cm³/mol. The topological polar surface area (TPSA) is 121 Å². The van der Waals surface area contributed by atoms with Crippen molar-refractivity contribution in [3.05, 3.63) is 34.9 Å². The van der Waals surface area contributed by atoms with Crippen molar-refractivity contribution in [1.82, 2.24) is 19.7 Å². The molecule has 0 radical (unpaired) electrons. The minimum absolute atomic E-state index is 0.0287. The van der Waals surface area contributed by atoms with E-state index >= 15 is 4.39 Å². The summed E-state index contributed by atoms with van der Waals surface area (Å²) in [6, 6.07) is 2.87. The summed E-state index contributed by atoms with van der Waals surface area (Å²) in [7, 11) is 0. The summed E-state index contributed by atoms with van der Waals surface area (Å²) in [4.78, 5) is 31.9. The van der Waals surface area contributed by atoms with Crippen molar-refractivity contribution in [2.45, 2.75) is 101 Å². The Hall–Kier alpha value is -3.17. The van der Waals surface area contributed by atoms with E-state index in [0.29, 0.717) is 17.2 Å². The van der Waals surface area contributed by atoms with Crippen molar-refractivity contribution in [3.8, 4) is 0 Å². The summed E-state index contributed by atoms with van der Waals surface area (Å²) in [5, 5.41) is 29.0. The van der Waals surface area contributed by atoms with Crippen molar-refractivity contribution in [2.75, 3.05) is 11.9 Å². The van der Waals surface area contributed by atoms with E-state index < -0.39 is 52.0 Å². The van der Waals surface area contributed by atoms with Crippen LogP contribution in [0, 0.1) is 47.7 Å². The second-order valence-corrected chi connectivity index (χ2v) is 14.9. The van der Waals surface area contributed by atoms with E-state index in [9.17, 15) is 19.8 Å². The van der Waals surface area contributed by atoms with E-state index in [4.69, 9.17) is 0 Å². The van der Waals surface area contributed by atoms with Crippen LogP contribution in [0.15, 0.2) is 12.1 Å². The molecule has 0 saturated carbocycles. The van der Waals surface area contributed by atoms with Crippen LogP contribution in [0.5, 0.6) is 0 Å². The molecule has 3 heterocycles. The lowest BCUT2D eigenvalue weighted by molar-refractivity contribution is -0.184. The van der Waals surface area contributed by atoms with Crippen molar-refractivity contribution >= 4 is 23.7 Å². The Labute approximate surface area is 243 Å². The number of amides is 1. The third kappa shape index (κ3) is 6.06. The molecule has 2 unspecified atom stereocenters. The van der Waals surface area contributed by atoms with E-state index in [2.05, 4.69) is 36.2 Å². The Morgan fingerprint density at radius 2 is 1.61 bits per heavy atom. The molecule has 1 fully saturated rings. The smallest absolute Gasteiger partial charge is 0.407 e. The quantitative estimate of drug-likeness (QED) is 0.358. The first-order valence-corrected chi connectivity index (χ1v) is 14.2. The van der Waals surface area contributed by atoms with Gasteiger partial charge in [-0.1, -0.05) is 41.5 Å². The molecule has 0 aromatic carbocycles. The fraction of sp³-hybridized carbons (Fsp3) is 0.677. The van der Waals surface area contributed by atoms with Gasteiger partial charge in [0.15, 0.2) is 5.82 Å². The highest BCUT2D eigenvalue weighted by molar-refractivity contribution is 5.78. The number of carboxylic acid groups (broad SMARTS) is 2. The number of rotatable bonds is 5. The standard InChI is InChI=1S/C31H48FN5O4/c1-17-13-22(34-23-14-18(2)37(35-23)30(10,11)12)33-20(24(17)32)15-31(26(38)39)21(28(4,5)6)16-36(27(40)41)19(3)25(31)29(7,8)9/h13-14,19,21,25H,15-16H2,1-12H3,(H,38,39)(H,40,41)(H,33,34,35)/t19-,21?,25?,31-/m1/s1. The molecule has 228 valence electrons. The van der Waals surface area contributed by atoms with Crippen molar-refractivity contribution in [3.63, 3.8) is 0 Å². The molecule has 41 heavy (non-hydrogen) atoms. The molecule has 2 aromatic heterocycles. The number of aromatic nitrogens is 3. The second-order valence-electron chi connectivity index (χ2n) is 14.9. The molecule has 0 bridgehead atoms. The van der Waals surface area contributed by atoms with Crippen molar-refractivity contribution < 1.29 is 24.2 Å². The van der Waals surface area contributed by atoms with E-state index in [-0.39, 0.29) is 24.2 Å². The number of carboxylic acids is 1. The SMILES string of the molecule is Cc1cc(Nc2cc(C)n(C(C)(C)C)n2)nc(C[C@@]2(C(=O)O)C(C(C)(C)C)CN(C(=O)O)[C@H](C)C2C(C)(C)C)c1F. The Kier molecular flexibility index (Phi) is 8.35. The number of aryl methyl sites for hydroxylation is 2. The van der Waals surface area contributed by atoms with Crippen LogP contribution in [0.2, 0.25) is 0 Å². The molecule has 2 aromatic rings. The summed E-state index contributed by atoms with van der Waals surface area (Å²) in [5.74, 6) is -1.95. The summed E-state index contributed by atoms with van der Waals surface area (Å²) >= 11 is 0. The van der Waals surface area contributed by atoms with Crippen molar-refractivity contribution in [2.24, 2.45) is 28.1 Å². The molecule has 1 saturated heterocycles. The van der Waals surface area contributed by atoms with Crippen LogP contribution in [-0.2, 0) is 16.8 Å². The number of nitrogens with one attached hydrogen (secondary N) is 1. The third-order valence-electron chi connectivity index (χ3n) is 8.60. The van der Waals surface area contributed by atoms with E-state index in [1.165, 1.54) is 4.90 Å². The minimum atomic E-state index is -1.49. The highest BCUT2D eigenvalue weighted by Gasteiger charge is 2.64. The summed E-state index contributed by atoms with van der Waals surface area (Å²) in [6.45, 7) is 23.1. The molecule has 4 atom stereocenters. The van der Waals surface area contributed by atoms with Gasteiger partial charge < -0.3 is 20.4 Å². The molecule has 3 rings (SSSR count). The number of pyridine rings is 1. The van der Waals surface area contributed by atoms with Gasteiger partial charge in [-0.2, -0.15) is 5.10 Å². The highest BCUT2D eigenvalue weighted by Crippen LogP contribution is 2.58. The summed E-state index contributed by atoms with van der Waals surface area (Å²) < 4.78 is 17.8. The van der Waals surface area contributed by atoms with Crippen molar-refractivity contribution in [1.29, 1.82) is 0 Å². The number of nitrogens with zero attached hydrogens (tertiary/aromatic N) is 4. The number of anilines is 2. The van der Waals surface area contributed by atoms with Gasteiger partial charge in [0.25, 0.3) is 0 Å². The van der Waals surface area contributed by atoms with E-state index in [0.717, 1.165) is 5.69 Å². The van der Waals surface area contributed by atoms with Gasteiger partial charge in [-0.3, -0.25) is 9.48 Å².